The van der Waals surface area contributed by atoms with Crippen LogP contribution in [0.3, 0.4) is 0 Å². The molecule has 62 heavy (non-hydrogen) atoms. The van der Waals surface area contributed by atoms with Crippen molar-refractivity contribution in [1.82, 2.24) is 4.57 Å². The van der Waals surface area contributed by atoms with Gasteiger partial charge in [-0.2, -0.15) is 0 Å². The molecule has 0 saturated carbocycles. The van der Waals surface area contributed by atoms with Crippen LogP contribution in [0.5, 0.6) is 0 Å². The summed E-state index contributed by atoms with van der Waals surface area (Å²) in [6, 6.07) is 88.7. The number of benzene rings is 11. The van der Waals surface area contributed by atoms with E-state index in [4.69, 9.17) is 0 Å². The van der Waals surface area contributed by atoms with Gasteiger partial charge in [-0.05, 0) is 127 Å². The summed E-state index contributed by atoms with van der Waals surface area (Å²) in [7, 11) is 0. The lowest BCUT2D eigenvalue weighted by Crippen LogP contribution is -2.12. The fourth-order valence-corrected chi connectivity index (χ4v) is 9.68. The van der Waals surface area contributed by atoms with Crippen LogP contribution in [0, 0.1) is 0 Å². The van der Waals surface area contributed by atoms with Crippen molar-refractivity contribution in [3.63, 3.8) is 0 Å². The smallest absolute Gasteiger partial charge is 0.0546 e. The standard InChI is InChI=1S/C60H40N2/c1-2-15-41(16-3-1)43-31-33-47(34-32-43)61(48-35-37-49(38-36-48)62-57-26-12-10-23-54(57)55-24-11-13-27-58(55)62)59-28-14-25-51(46-30-29-42-17-4-5-18-44(42)39-46)60(59)56-40-45-19-6-7-20-50(45)52-21-8-9-22-53(52)56/h1-40H. The number of rotatable bonds is 7. The lowest BCUT2D eigenvalue weighted by Gasteiger charge is -2.30. The van der Waals surface area contributed by atoms with E-state index in [1.807, 2.05) is 0 Å². The van der Waals surface area contributed by atoms with Gasteiger partial charge in [0.15, 0.2) is 0 Å². The van der Waals surface area contributed by atoms with Crippen molar-refractivity contribution in [2.24, 2.45) is 0 Å². The van der Waals surface area contributed by atoms with Gasteiger partial charge in [0.2, 0.25) is 0 Å². The minimum Gasteiger partial charge on any atom is -0.310 e. The molecule has 0 aliphatic rings. The second-order valence-electron chi connectivity index (χ2n) is 16.1. The molecule has 2 nitrogen and oxygen atoms in total. The van der Waals surface area contributed by atoms with Crippen LogP contribution in [0.25, 0.3) is 93.2 Å². The molecule has 12 aromatic rings. The molecular formula is C60H40N2. The molecule has 0 amide bonds. The molecule has 2 heteroatoms. The van der Waals surface area contributed by atoms with Crippen molar-refractivity contribution < 1.29 is 0 Å². The highest BCUT2D eigenvalue weighted by Gasteiger charge is 2.23. The van der Waals surface area contributed by atoms with Crippen LogP contribution >= 0.6 is 0 Å². The van der Waals surface area contributed by atoms with Gasteiger partial charge in [0, 0.05) is 33.4 Å². The molecule has 0 atom stereocenters. The highest BCUT2D eigenvalue weighted by Crippen LogP contribution is 2.49. The Morgan fingerprint density at radius 1 is 0.290 bits per heavy atom. The number of hydrogen-bond donors (Lipinski definition) is 0. The van der Waals surface area contributed by atoms with Crippen LogP contribution < -0.4 is 4.90 Å². The molecule has 0 bridgehead atoms. The Morgan fingerprint density at radius 2 is 0.823 bits per heavy atom. The minimum absolute atomic E-state index is 1.07. The fraction of sp³-hybridized carbons (Fsp3) is 0. The Labute approximate surface area is 360 Å². The van der Waals surface area contributed by atoms with Crippen LogP contribution in [-0.4, -0.2) is 4.57 Å². The first-order valence-electron chi connectivity index (χ1n) is 21.3. The summed E-state index contributed by atoms with van der Waals surface area (Å²) in [5.74, 6) is 0. The Hall–Kier alpha value is -8.20. The first-order valence-corrected chi connectivity index (χ1v) is 21.3. The number of hydrogen-bond acceptors (Lipinski definition) is 1. The van der Waals surface area contributed by atoms with E-state index < -0.39 is 0 Å². The van der Waals surface area contributed by atoms with E-state index in [1.165, 1.54) is 87.5 Å². The lowest BCUT2D eigenvalue weighted by atomic mass is 9.87. The maximum atomic E-state index is 2.45. The number of anilines is 3. The summed E-state index contributed by atoms with van der Waals surface area (Å²) in [5.41, 5.74) is 13.9. The van der Waals surface area contributed by atoms with Gasteiger partial charge in [0.1, 0.15) is 0 Å². The summed E-state index contributed by atoms with van der Waals surface area (Å²) in [6.45, 7) is 0. The molecule has 0 unspecified atom stereocenters. The van der Waals surface area contributed by atoms with E-state index in [1.54, 1.807) is 0 Å². The molecule has 11 aromatic carbocycles. The lowest BCUT2D eigenvalue weighted by molar-refractivity contribution is 1.17. The average Bonchev–Trinajstić information content (AvgIpc) is 3.69. The third-order valence-electron chi connectivity index (χ3n) is 12.6. The number of para-hydroxylation sites is 2. The normalized spacial score (nSPS) is 11.5. The highest BCUT2D eigenvalue weighted by molar-refractivity contribution is 6.17. The van der Waals surface area contributed by atoms with Gasteiger partial charge in [0.05, 0.1) is 16.7 Å². The Kier molecular flexibility index (Phi) is 8.53. The Morgan fingerprint density at radius 3 is 1.53 bits per heavy atom. The molecule has 12 rings (SSSR count). The molecule has 0 radical (unpaired) electrons. The van der Waals surface area contributed by atoms with E-state index >= 15 is 0 Å². The Bertz CT molecular complexity index is 3560. The van der Waals surface area contributed by atoms with Gasteiger partial charge in [0.25, 0.3) is 0 Å². The van der Waals surface area contributed by atoms with Gasteiger partial charge < -0.3 is 9.47 Å². The minimum atomic E-state index is 1.07. The molecule has 0 aliphatic carbocycles. The molecule has 1 aromatic heterocycles. The molecule has 0 spiro atoms. The van der Waals surface area contributed by atoms with Crippen molar-refractivity contribution in [2.45, 2.75) is 0 Å². The van der Waals surface area contributed by atoms with Crippen LogP contribution in [-0.2, 0) is 0 Å². The molecular weight excluding hydrogens is 749 g/mol. The molecule has 1 heterocycles. The van der Waals surface area contributed by atoms with Gasteiger partial charge in [-0.25, -0.2) is 0 Å². The first-order chi connectivity index (χ1) is 30.8. The zero-order valence-electron chi connectivity index (χ0n) is 34.0. The number of nitrogens with zero attached hydrogens (tertiary/aromatic N) is 2. The van der Waals surface area contributed by atoms with Crippen LogP contribution in [0.15, 0.2) is 243 Å². The van der Waals surface area contributed by atoms with E-state index in [0.29, 0.717) is 0 Å². The van der Waals surface area contributed by atoms with Crippen molar-refractivity contribution in [2.75, 3.05) is 4.90 Å². The molecule has 0 N–H and O–H groups in total. The summed E-state index contributed by atoms with van der Waals surface area (Å²) >= 11 is 0. The largest absolute Gasteiger partial charge is 0.310 e. The summed E-state index contributed by atoms with van der Waals surface area (Å²) in [6.07, 6.45) is 0. The van der Waals surface area contributed by atoms with Crippen molar-refractivity contribution >= 4 is 71.2 Å². The zero-order valence-corrected chi connectivity index (χ0v) is 34.0. The first kappa shape index (κ1) is 35.7. The maximum absolute atomic E-state index is 2.45. The van der Waals surface area contributed by atoms with Crippen molar-refractivity contribution in [1.29, 1.82) is 0 Å². The average molecular weight is 789 g/mol. The summed E-state index contributed by atoms with van der Waals surface area (Å²) in [4.78, 5) is 2.45. The number of fused-ring (bicyclic) bond motifs is 7. The molecule has 0 saturated heterocycles. The fourth-order valence-electron chi connectivity index (χ4n) is 9.68. The van der Waals surface area contributed by atoms with Gasteiger partial charge >= 0.3 is 0 Å². The summed E-state index contributed by atoms with van der Waals surface area (Å²) < 4.78 is 2.39. The number of aromatic nitrogens is 1. The molecule has 0 fully saturated rings. The van der Waals surface area contributed by atoms with E-state index in [2.05, 4.69) is 252 Å². The predicted octanol–water partition coefficient (Wildman–Crippen LogP) is 16.7. The topological polar surface area (TPSA) is 8.17 Å². The van der Waals surface area contributed by atoms with E-state index in [9.17, 15) is 0 Å². The maximum Gasteiger partial charge on any atom is 0.0546 e. The molecule has 0 aliphatic heterocycles. The highest BCUT2D eigenvalue weighted by atomic mass is 15.1. The third-order valence-corrected chi connectivity index (χ3v) is 12.6. The SMILES string of the molecule is c1ccc(-c2ccc(N(c3ccc(-n4c5ccccc5c5ccccc54)cc3)c3cccc(-c4ccc5ccccc5c4)c3-c3cc4ccccc4c4ccccc34)cc2)cc1. The summed E-state index contributed by atoms with van der Waals surface area (Å²) in [5, 5.41) is 9.90. The third kappa shape index (κ3) is 5.96. The van der Waals surface area contributed by atoms with Gasteiger partial charge in [-0.15, -0.1) is 0 Å². The van der Waals surface area contributed by atoms with Crippen LogP contribution in [0.2, 0.25) is 0 Å². The van der Waals surface area contributed by atoms with E-state index in [0.717, 1.165) is 22.7 Å². The quantitative estimate of drug-likeness (QED) is 0.146. The predicted molar refractivity (Wildman–Crippen MR) is 264 cm³/mol. The Balaban J connectivity index is 1.12. The van der Waals surface area contributed by atoms with Gasteiger partial charge in [-0.1, -0.05) is 176 Å². The zero-order chi connectivity index (χ0) is 41.0. The van der Waals surface area contributed by atoms with Crippen molar-refractivity contribution in [3.8, 4) is 39.1 Å². The second-order valence-corrected chi connectivity index (χ2v) is 16.1. The second kappa shape index (κ2) is 14.8. The molecule has 290 valence electrons. The van der Waals surface area contributed by atoms with Crippen LogP contribution in [0.1, 0.15) is 0 Å². The van der Waals surface area contributed by atoms with Gasteiger partial charge in [-0.3, -0.25) is 0 Å². The van der Waals surface area contributed by atoms with Crippen LogP contribution in [0.4, 0.5) is 17.1 Å². The monoisotopic (exact) mass is 788 g/mol. The van der Waals surface area contributed by atoms with Crippen molar-refractivity contribution in [3.05, 3.63) is 243 Å². The van der Waals surface area contributed by atoms with E-state index in [-0.39, 0.29) is 0 Å².